The van der Waals surface area contributed by atoms with Gasteiger partial charge in [-0.3, -0.25) is 0 Å². The fourth-order valence-corrected chi connectivity index (χ4v) is 1.30. The maximum atomic E-state index is 5.05. The molecule has 0 aliphatic carbocycles. The Labute approximate surface area is 87.9 Å². The third kappa shape index (κ3) is 1.79. The quantitative estimate of drug-likeness (QED) is 0.548. The first-order chi connectivity index (χ1) is 7.20. The predicted octanol–water partition coefficient (Wildman–Crippen LogP) is 1.61. The second-order valence-corrected chi connectivity index (χ2v) is 3.28. The van der Waals surface area contributed by atoms with E-state index in [9.17, 15) is 0 Å². The zero-order chi connectivity index (χ0) is 10.8. The van der Waals surface area contributed by atoms with E-state index >= 15 is 0 Å². The molecule has 0 bridgehead atoms. The molecule has 4 nitrogen and oxygen atoms in total. The van der Waals surface area contributed by atoms with Gasteiger partial charge in [0.25, 0.3) is 0 Å². The molecule has 4 heteroatoms. The molecule has 0 amide bonds. The summed E-state index contributed by atoms with van der Waals surface area (Å²) < 4.78 is 6.80. The van der Waals surface area contributed by atoms with Crippen molar-refractivity contribution in [1.29, 1.82) is 0 Å². The first-order valence-electron chi connectivity index (χ1n) is 4.56. The fourth-order valence-electron chi connectivity index (χ4n) is 1.30. The van der Waals surface area contributed by atoms with E-state index in [0.29, 0.717) is 5.88 Å². The van der Waals surface area contributed by atoms with Gasteiger partial charge in [-0.25, -0.2) is 14.5 Å². The van der Waals surface area contributed by atoms with Crippen LogP contribution in [0.5, 0.6) is 5.88 Å². The molecule has 76 valence electrons. The molecule has 2 aromatic rings. The first-order valence-corrected chi connectivity index (χ1v) is 4.56. The number of rotatable bonds is 2. The lowest BCUT2D eigenvalue weighted by molar-refractivity contribution is -0.394. The van der Waals surface area contributed by atoms with Gasteiger partial charge in [-0.2, -0.15) is 0 Å². The summed E-state index contributed by atoms with van der Waals surface area (Å²) in [6.45, 7) is 3.79. The first kappa shape index (κ1) is 9.58. The molecule has 2 aromatic heterocycles. The Bertz CT molecular complexity index is 522. The van der Waals surface area contributed by atoms with Crippen molar-refractivity contribution in [2.24, 2.45) is 0 Å². The average Bonchev–Trinajstić information content (AvgIpc) is 2.27. The minimum Gasteiger partial charge on any atom is -0.481 e. The van der Waals surface area contributed by atoms with Crippen LogP contribution >= 0.6 is 0 Å². The molecule has 0 spiro atoms. The molecule has 0 N–H and O–H groups in total. The third-order valence-corrected chi connectivity index (χ3v) is 2.15. The lowest BCUT2D eigenvalue weighted by Crippen LogP contribution is -1.95. The fraction of sp³-hybridized carbons (Fsp3) is 0.182. The van der Waals surface area contributed by atoms with E-state index < -0.39 is 0 Å². The standard InChI is InChI=1S/C11H12N3O/c1-14(2)8-6-10-9(12-7-8)4-5-11(13-10)15-3/h4-7H,1H2,2-3H3/q+1. The van der Waals surface area contributed by atoms with Crippen LogP contribution in [0.3, 0.4) is 0 Å². The van der Waals surface area contributed by atoms with Crippen LogP contribution in [0, 0.1) is 0 Å². The molecule has 0 atom stereocenters. The molecule has 0 aromatic carbocycles. The average molecular weight is 202 g/mol. The summed E-state index contributed by atoms with van der Waals surface area (Å²) in [6, 6.07) is 5.61. The largest absolute Gasteiger partial charge is 0.481 e. The number of fused-ring (bicyclic) bond motifs is 1. The number of hydrogen-bond donors (Lipinski definition) is 0. The molecular formula is C11H12N3O+. The smallest absolute Gasteiger partial charge is 0.225 e. The van der Waals surface area contributed by atoms with Crippen LogP contribution in [0.1, 0.15) is 0 Å². The summed E-state index contributed by atoms with van der Waals surface area (Å²) in [7, 11) is 3.46. The van der Waals surface area contributed by atoms with E-state index in [1.807, 2.05) is 19.2 Å². The molecule has 0 saturated heterocycles. The highest BCUT2D eigenvalue weighted by Gasteiger charge is 2.05. The number of methoxy groups -OCH3 is 1. The highest BCUT2D eigenvalue weighted by molar-refractivity contribution is 5.76. The van der Waals surface area contributed by atoms with Gasteiger partial charge in [-0.05, 0) is 6.07 Å². The zero-order valence-corrected chi connectivity index (χ0v) is 8.77. The van der Waals surface area contributed by atoms with E-state index in [1.54, 1.807) is 23.9 Å². The Hall–Kier alpha value is -1.97. The molecule has 2 heterocycles. The van der Waals surface area contributed by atoms with Crippen molar-refractivity contribution in [2.75, 3.05) is 14.2 Å². The van der Waals surface area contributed by atoms with Crippen LogP contribution in [-0.4, -0.2) is 35.4 Å². The monoisotopic (exact) mass is 202 g/mol. The molecule has 0 saturated carbocycles. The molecule has 0 fully saturated rings. The van der Waals surface area contributed by atoms with Crippen molar-refractivity contribution in [3.8, 4) is 5.88 Å². The summed E-state index contributed by atoms with van der Waals surface area (Å²) in [5.74, 6) is 0.591. The summed E-state index contributed by atoms with van der Waals surface area (Å²) in [5, 5.41) is 0. The predicted molar refractivity (Wildman–Crippen MR) is 59.1 cm³/mol. The van der Waals surface area contributed by atoms with Gasteiger partial charge in [0.2, 0.25) is 11.6 Å². The third-order valence-electron chi connectivity index (χ3n) is 2.15. The Morgan fingerprint density at radius 3 is 2.80 bits per heavy atom. The molecular weight excluding hydrogens is 190 g/mol. The second-order valence-electron chi connectivity index (χ2n) is 3.28. The van der Waals surface area contributed by atoms with Gasteiger partial charge in [0, 0.05) is 12.1 Å². The Balaban J connectivity index is 2.62. The van der Waals surface area contributed by atoms with E-state index in [0.717, 1.165) is 16.7 Å². The molecule has 2 rings (SSSR count). The van der Waals surface area contributed by atoms with Gasteiger partial charge in [-0.15, -0.1) is 0 Å². The lowest BCUT2D eigenvalue weighted by atomic mass is 10.3. The van der Waals surface area contributed by atoms with E-state index in [-0.39, 0.29) is 0 Å². The number of ether oxygens (including phenoxy) is 1. The topological polar surface area (TPSA) is 38.0 Å². The van der Waals surface area contributed by atoms with Crippen molar-refractivity contribution in [2.45, 2.75) is 0 Å². The summed E-state index contributed by atoms with van der Waals surface area (Å²) in [6.07, 6.45) is 1.77. The maximum Gasteiger partial charge on any atom is 0.225 e. The van der Waals surface area contributed by atoms with Gasteiger partial charge in [0.1, 0.15) is 13.8 Å². The number of hydrogen-bond acceptors (Lipinski definition) is 3. The van der Waals surface area contributed by atoms with Crippen LogP contribution in [0.25, 0.3) is 11.0 Å². The van der Waals surface area contributed by atoms with Crippen LogP contribution in [-0.2, 0) is 0 Å². The van der Waals surface area contributed by atoms with Crippen molar-refractivity contribution >= 4 is 23.4 Å². The molecule has 0 aliphatic heterocycles. The number of aromatic nitrogens is 2. The number of pyridine rings is 2. The van der Waals surface area contributed by atoms with Gasteiger partial charge in [-0.1, -0.05) is 0 Å². The van der Waals surface area contributed by atoms with Crippen molar-refractivity contribution in [3.05, 3.63) is 24.4 Å². The van der Waals surface area contributed by atoms with Crippen molar-refractivity contribution in [3.63, 3.8) is 0 Å². The van der Waals surface area contributed by atoms with E-state index in [1.165, 1.54) is 0 Å². The lowest BCUT2D eigenvalue weighted by Gasteiger charge is -2.01. The molecule has 0 aliphatic rings. The molecule has 0 radical (unpaired) electrons. The Morgan fingerprint density at radius 1 is 1.33 bits per heavy atom. The Kier molecular flexibility index (Phi) is 2.33. The summed E-state index contributed by atoms with van der Waals surface area (Å²) >= 11 is 0. The van der Waals surface area contributed by atoms with Gasteiger partial charge >= 0.3 is 0 Å². The van der Waals surface area contributed by atoms with Crippen LogP contribution in [0.4, 0.5) is 5.69 Å². The SMILES string of the molecule is C=[N+](C)c1cnc2ccc(OC)nc2c1. The normalized spacial score (nSPS) is 10.3. The van der Waals surface area contributed by atoms with Crippen LogP contribution in [0.2, 0.25) is 0 Å². The molecule has 0 unspecified atom stereocenters. The van der Waals surface area contributed by atoms with E-state index in [2.05, 4.69) is 16.7 Å². The second kappa shape index (κ2) is 3.65. The Morgan fingerprint density at radius 2 is 2.13 bits per heavy atom. The zero-order valence-electron chi connectivity index (χ0n) is 8.77. The summed E-state index contributed by atoms with van der Waals surface area (Å²) in [4.78, 5) is 8.58. The highest BCUT2D eigenvalue weighted by atomic mass is 16.5. The van der Waals surface area contributed by atoms with Crippen molar-refractivity contribution < 1.29 is 9.31 Å². The van der Waals surface area contributed by atoms with Gasteiger partial charge in [0.05, 0.1) is 24.3 Å². The number of nitrogens with zero attached hydrogens (tertiary/aromatic N) is 3. The van der Waals surface area contributed by atoms with Crippen LogP contribution < -0.4 is 4.74 Å². The van der Waals surface area contributed by atoms with Gasteiger partial charge in [0.15, 0.2) is 0 Å². The summed E-state index contributed by atoms with van der Waals surface area (Å²) in [5.41, 5.74) is 2.58. The van der Waals surface area contributed by atoms with Crippen molar-refractivity contribution in [1.82, 2.24) is 9.97 Å². The minimum atomic E-state index is 0.591. The highest BCUT2D eigenvalue weighted by Crippen LogP contribution is 2.18. The van der Waals surface area contributed by atoms with E-state index in [4.69, 9.17) is 4.74 Å². The maximum absolute atomic E-state index is 5.05. The molecule has 15 heavy (non-hydrogen) atoms. The van der Waals surface area contributed by atoms with Crippen LogP contribution in [0.15, 0.2) is 24.4 Å². The minimum absolute atomic E-state index is 0.591. The van der Waals surface area contributed by atoms with Gasteiger partial charge < -0.3 is 4.74 Å².